The van der Waals surface area contributed by atoms with Crippen LogP contribution < -0.4 is 9.64 Å². The normalized spacial score (nSPS) is 15.3. The lowest BCUT2D eigenvalue weighted by Crippen LogP contribution is -2.42. The highest BCUT2D eigenvalue weighted by molar-refractivity contribution is 6.31. The fourth-order valence-electron chi connectivity index (χ4n) is 1.82. The molecule has 0 aromatic heterocycles. The molecule has 0 saturated carbocycles. The standard InChI is InChI=1S/C14H16ClNO4/c1-3-9(2)20-14(18)7-16-11-6-10(15)4-5-12(11)19-8-13(16)17/h4-6,9H,3,7-8H2,1-2H3. The van der Waals surface area contributed by atoms with Gasteiger partial charge >= 0.3 is 5.97 Å². The lowest BCUT2D eigenvalue weighted by molar-refractivity contribution is -0.147. The number of benzene rings is 1. The number of ether oxygens (including phenoxy) is 2. The SMILES string of the molecule is CCC(C)OC(=O)CN1C(=O)COc2ccc(Cl)cc21. The fourth-order valence-corrected chi connectivity index (χ4v) is 1.99. The second-order valence-electron chi connectivity index (χ2n) is 4.59. The van der Waals surface area contributed by atoms with Crippen LogP contribution in [0.1, 0.15) is 20.3 Å². The zero-order valence-corrected chi connectivity index (χ0v) is 12.1. The van der Waals surface area contributed by atoms with Gasteiger partial charge in [-0.2, -0.15) is 0 Å². The highest BCUT2D eigenvalue weighted by atomic mass is 35.5. The Balaban J connectivity index is 2.17. The molecule has 2 rings (SSSR count). The molecule has 0 spiro atoms. The lowest BCUT2D eigenvalue weighted by atomic mass is 10.2. The molecular formula is C14H16ClNO4. The van der Waals surface area contributed by atoms with E-state index in [1.807, 2.05) is 13.8 Å². The van der Waals surface area contributed by atoms with Gasteiger partial charge in [0.05, 0.1) is 11.8 Å². The van der Waals surface area contributed by atoms with E-state index in [0.717, 1.165) is 6.42 Å². The Labute approximate surface area is 122 Å². The number of hydrogen-bond acceptors (Lipinski definition) is 4. The quantitative estimate of drug-likeness (QED) is 0.801. The first kappa shape index (κ1) is 14.7. The number of rotatable bonds is 4. The number of fused-ring (bicyclic) bond motifs is 1. The number of carbonyl (C=O) groups is 2. The van der Waals surface area contributed by atoms with Gasteiger partial charge in [0, 0.05) is 5.02 Å². The van der Waals surface area contributed by atoms with Gasteiger partial charge in [-0.1, -0.05) is 18.5 Å². The van der Waals surface area contributed by atoms with Gasteiger partial charge in [0.2, 0.25) is 0 Å². The maximum Gasteiger partial charge on any atom is 0.326 e. The molecule has 0 bridgehead atoms. The summed E-state index contributed by atoms with van der Waals surface area (Å²) in [4.78, 5) is 25.1. The van der Waals surface area contributed by atoms with Gasteiger partial charge < -0.3 is 9.47 Å². The molecule has 1 aromatic carbocycles. The molecule has 1 heterocycles. The largest absolute Gasteiger partial charge is 0.482 e. The summed E-state index contributed by atoms with van der Waals surface area (Å²) in [5.41, 5.74) is 0.495. The van der Waals surface area contributed by atoms with Crippen LogP contribution in [0.2, 0.25) is 5.02 Å². The molecule has 0 N–H and O–H groups in total. The van der Waals surface area contributed by atoms with Crippen molar-refractivity contribution in [3.63, 3.8) is 0 Å². The average Bonchev–Trinajstić information content (AvgIpc) is 2.42. The van der Waals surface area contributed by atoms with Crippen molar-refractivity contribution in [2.45, 2.75) is 26.4 Å². The van der Waals surface area contributed by atoms with E-state index in [2.05, 4.69) is 0 Å². The first-order valence-corrected chi connectivity index (χ1v) is 6.81. The molecule has 5 nitrogen and oxygen atoms in total. The van der Waals surface area contributed by atoms with Gasteiger partial charge in [-0.25, -0.2) is 0 Å². The van der Waals surface area contributed by atoms with Crippen LogP contribution in [0.4, 0.5) is 5.69 Å². The molecular weight excluding hydrogens is 282 g/mol. The average molecular weight is 298 g/mol. The van der Waals surface area contributed by atoms with Crippen LogP contribution in [-0.4, -0.2) is 31.1 Å². The zero-order chi connectivity index (χ0) is 14.7. The molecule has 1 amide bonds. The highest BCUT2D eigenvalue weighted by Gasteiger charge is 2.28. The van der Waals surface area contributed by atoms with Gasteiger partial charge in [-0.05, 0) is 31.5 Å². The summed E-state index contributed by atoms with van der Waals surface area (Å²) in [6.07, 6.45) is 0.558. The van der Waals surface area contributed by atoms with Crippen molar-refractivity contribution in [3.8, 4) is 5.75 Å². The number of esters is 1. The Bertz CT molecular complexity index is 532. The van der Waals surface area contributed by atoms with E-state index in [1.165, 1.54) is 4.90 Å². The minimum Gasteiger partial charge on any atom is -0.482 e. The lowest BCUT2D eigenvalue weighted by Gasteiger charge is -2.29. The van der Waals surface area contributed by atoms with Gasteiger partial charge in [-0.15, -0.1) is 0 Å². The van der Waals surface area contributed by atoms with Crippen molar-refractivity contribution < 1.29 is 19.1 Å². The third kappa shape index (κ3) is 3.22. The molecule has 0 aliphatic carbocycles. The molecule has 0 saturated heterocycles. The summed E-state index contributed by atoms with van der Waals surface area (Å²) in [6.45, 7) is 3.50. The van der Waals surface area contributed by atoms with E-state index in [1.54, 1.807) is 18.2 Å². The Morgan fingerprint density at radius 1 is 1.55 bits per heavy atom. The van der Waals surface area contributed by atoms with Crippen LogP contribution in [0, 0.1) is 0 Å². The van der Waals surface area contributed by atoms with Crippen LogP contribution in [0.15, 0.2) is 18.2 Å². The Morgan fingerprint density at radius 2 is 2.30 bits per heavy atom. The smallest absolute Gasteiger partial charge is 0.326 e. The molecule has 1 atom stereocenters. The van der Waals surface area contributed by atoms with Gasteiger partial charge in [0.25, 0.3) is 5.91 Å². The summed E-state index contributed by atoms with van der Waals surface area (Å²) in [5, 5.41) is 0.474. The second-order valence-corrected chi connectivity index (χ2v) is 5.03. The van der Waals surface area contributed by atoms with Crippen LogP contribution >= 0.6 is 11.6 Å². The maximum atomic E-state index is 11.9. The van der Waals surface area contributed by atoms with E-state index in [9.17, 15) is 9.59 Å². The maximum absolute atomic E-state index is 11.9. The molecule has 108 valence electrons. The second kappa shape index (κ2) is 6.13. The topological polar surface area (TPSA) is 55.8 Å². The van der Waals surface area contributed by atoms with Crippen molar-refractivity contribution >= 4 is 29.2 Å². The van der Waals surface area contributed by atoms with Crippen LogP contribution in [-0.2, 0) is 14.3 Å². The molecule has 1 unspecified atom stereocenters. The Hall–Kier alpha value is -1.75. The van der Waals surface area contributed by atoms with Gasteiger partial charge in [0.1, 0.15) is 12.3 Å². The van der Waals surface area contributed by atoms with Crippen molar-refractivity contribution in [1.29, 1.82) is 0 Å². The van der Waals surface area contributed by atoms with E-state index >= 15 is 0 Å². The zero-order valence-electron chi connectivity index (χ0n) is 11.4. The van der Waals surface area contributed by atoms with Gasteiger partial charge in [-0.3, -0.25) is 14.5 Å². The summed E-state index contributed by atoms with van der Waals surface area (Å²) >= 11 is 5.92. The molecule has 20 heavy (non-hydrogen) atoms. The predicted octanol–water partition coefficient (Wildman–Crippen LogP) is 2.41. The monoisotopic (exact) mass is 297 g/mol. The van der Waals surface area contributed by atoms with E-state index in [0.29, 0.717) is 16.5 Å². The molecule has 1 aliphatic rings. The van der Waals surface area contributed by atoms with Crippen molar-refractivity contribution in [3.05, 3.63) is 23.2 Å². The minimum absolute atomic E-state index is 0.0920. The number of amides is 1. The molecule has 1 aliphatic heterocycles. The van der Waals surface area contributed by atoms with Crippen LogP contribution in [0.25, 0.3) is 0 Å². The third-order valence-electron chi connectivity index (χ3n) is 3.06. The summed E-state index contributed by atoms with van der Waals surface area (Å²) in [7, 11) is 0. The molecule has 6 heteroatoms. The number of hydrogen-bond donors (Lipinski definition) is 0. The van der Waals surface area contributed by atoms with Crippen molar-refractivity contribution in [2.75, 3.05) is 18.1 Å². The molecule has 0 fully saturated rings. The van der Waals surface area contributed by atoms with Crippen LogP contribution in [0.3, 0.4) is 0 Å². The molecule has 0 radical (unpaired) electrons. The Morgan fingerprint density at radius 3 is 3.00 bits per heavy atom. The van der Waals surface area contributed by atoms with Crippen molar-refractivity contribution in [1.82, 2.24) is 0 Å². The summed E-state index contributed by atoms with van der Waals surface area (Å²) < 4.78 is 10.5. The fraction of sp³-hybridized carbons (Fsp3) is 0.429. The summed E-state index contributed by atoms with van der Waals surface area (Å²) in [6, 6.07) is 4.95. The van der Waals surface area contributed by atoms with E-state index in [4.69, 9.17) is 21.1 Å². The van der Waals surface area contributed by atoms with E-state index < -0.39 is 5.97 Å². The number of nitrogens with zero attached hydrogens (tertiary/aromatic N) is 1. The first-order valence-electron chi connectivity index (χ1n) is 6.43. The van der Waals surface area contributed by atoms with E-state index in [-0.39, 0.29) is 25.2 Å². The van der Waals surface area contributed by atoms with Crippen molar-refractivity contribution in [2.24, 2.45) is 0 Å². The minimum atomic E-state index is -0.444. The predicted molar refractivity (Wildman–Crippen MR) is 75.1 cm³/mol. The van der Waals surface area contributed by atoms with Gasteiger partial charge in [0.15, 0.2) is 6.61 Å². The number of carbonyl (C=O) groups excluding carboxylic acids is 2. The summed E-state index contributed by atoms with van der Waals surface area (Å²) in [5.74, 6) is -0.202. The highest BCUT2D eigenvalue weighted by Crippen LogP contribution is 2.34. The number of halogens is 1. The third-order valence-corrected chi connectivity index (χ3v) is 3.29. The first-order chi connectivity index (χ1) is 9.51. The molecule has 1 aromatic rings. The number of anilines is 1. The Kier molecular flexibility index (Phi) is 4.49. The van der Waals surface area contributed by atoms with Crippen LogP contribution in [0.5, 0.6) is 5.75 Å².